The van der Waals surface area contributed by atoms with E-state index in [1.165, 1.54) is 0 Å². The number of carbonyl (C=O) groups is 1. The molecule has 0 heterocycles. The van der Waals surface area contributed by atoms with Gasteiger partial charge in [-0.15, -0.1) is 0 Å². The number of hydrogen-bond donors (Lipinski definition) is 0. The lowest BCUT2D eigenvalue weighted by atomic mass is 10.0. The minimum absolute atomic E-state index is 0.0464. The molecule has 1 aromatic rings. The van der Waals surface area contributed by atoms with Gasteiger partial charge in [-0.2, -0.15) is 6.16 Å². The molecule has 0 unspecified atom stereocenters. The average molecular weight is 332 g/mol. The predicted octanol–water partition coefficient (Wildman–Crippen LogP) is 3.96. The number of rotatable bonds is 7. The number of ether oxygens (including phenoxy) is 2. The van der Waals surface area contributed by atoms with Crippen LogP contribution >= 0.6 is 25.2 Å². The number of benzene rings is 1. The van der Waals surface area contributed by atoms with Crippen molar-refractivity contribution in [3.63, 3.8) is 0 Å². The van der Waals surface area contributed by atoms with E-state index in [0.717, 1.165) is 23.5 Å². The Morgan fingerprint density at radius 3 is 2.56 bits per heavy atom. The van der Waals surface area contributed by atoms with Crippen LogP contribution in [-0.4, -0.2) is 26.2 Å². The molecule has 0 atom stereocenters. The molecule has 3 nitrogen and oxygen atoms in total. The maximum Gasteiger partial charge on any atom is 0.170 e. The van der Waals surface area contributed by atoms with E-state index in [1.54, 1.807) is 20.3 Å². The standard InChI is InChI=1S/C13H17BrO3P/c1-16-11-7-6-9(14)13(17-2)12(11)10(15)5-3-4-8-18/h6-7,18H,3-5,8H2,1-2H3/q-1. The van der Waals surface area contributed by atoms with Crippen LogP contribution in [0.3, 0.4) is 0 Å². The smallest absolute Gasteiger partial charge is 0.170 e. The number of unbranched alkanes of at least 4 members (excludes halogenated alkanes) is 1. The minimum atomic E-state index is 0.0464. The van der Waals surface area contributed by atoms with Gasteiger partial charge in [-0.05, 0) is 34.5 Å². The van der Waals surface area contributed by atoms with Crippen molar-refractivity contribution in [1.82, 2.24) is 0 Å². The summed E-state index contributed by atoms with van der Waals surface area (Å²) in [7, 11) is 6.50. The van der Waals surface area contributed by atoms with Crippen LogP contribution in [0.1, 0.15) is 29.6 Å². The summed E-state index contributed by atoms with van der Waals surface area (Å²) >= 11 is 3.38. The Hall–Kier alpha value is -0.600. The monoisotopic (exact) mass is 331 g/mol. The zero-order valence-corrected chi connectivity index (χ0v) is 13.2. The molecule has 0 fully saturated rings. The van der Waals surface area contributed by atoms with Crippen LogP contribution in [0.2, 0.25) is 0 Å². The summed E-state index contributed by atoms with van der Waals surface area (Å²) in [6.45, 7) is 0. The average Bonchev–Trinajstić information content (AvgIpc) is 2.38. The molecule has 0 aliphatic heterocycles. The molecule has 0 spiro atoms. The molecular formula is C13H17BrO3P-. The molecule has 5 heteroatoms. The summed E-state index contributed by atoms with van der Waals surface area (Å²) in [6.07, 6.45) is 3.22. The summed E-state index contributed by atoms with van der Waals surface area (Å²) in [6, 6.07) is 3.58. The Morgan fingerprint density at radius 1 is 1.28 bits per heavy atom. The number of halogens is 1. The largest absolute Gasteiger partial charge is 0.558 e. The van der Waals surface area contributed by atoms with Crippen LogP contribution < -0.4 is 9.47 Å². The lowest BCUT2D eigenvalue weighted by Gasteiger charge is -2.13. The molecule has 100 valence electrons. The summed E-state index contributed by atoms with van der Waals surface area (Å²) < 4.78 is 11.3. The summed E-state index contributed by atoms with van der Waals surface area (Å²) in [5.41, 5.74) is 0.517. The van der Waals surface area contributed by atoms with Crippen molar-refractivity contribution in [3.05, 3.63) is 22.2 Å². The summed E-state index contributed by atoms with van der Waals surface area (Å²) in [5, 5.41) is 0. The van der Waals surface area contributed by atoms with E-state index in [2.05, 4.69) is 25.2 Å². The number of Topliss-reactive ketones (excluding diaryl/α,β-unsaturated/α-hetero) is 1. The zero-order chi connectivity index (χ0) is 13.5. The van der Waals surface area contributed by atoms with Crippen LogP contribution in [0.25, 0.3) is 0 Å². The molecule has 0 aromatic heterocycles. The van der Waals surface area contributed by atoms with Gasteiger partial charge in [0.15, 0.2) is 5.78 Å². The van der Waals surface area contributed by atoms with Crippen molar-refractivity contribution in [3.8, 4) is 11.5 Å². The van der Waals surface area contributed by atoms with Gasteiger partial charge in [0.05, 0.1) is 18.7 Å². The Labute approximate surface area is 119 Å². The second kappa shape index (κ2) is 7.75. The highest BCUT2D eigenvalue weighted by molar-refractivity contribution is 9.10. The minimum Gasteiger partial charge on any atom is -0.558 e. The van der Waals surface area contributed by atoms with Gasteiger partial charge in [-0.3, -0.25) is 4.79 Å². The Morgan fingerprint density at radius 2 is 2.00 bits per heavy atom. The molecule has 0 bridgehead atoms. The zero-order valence-electron chi connectivity index (χ0n) is 10.6. The predicted molar refractivity (Wildman–Crippen MR) is 78.6 cm³/mol. The van der Waals surface area contributed by atoms with Crippen molar-refractivity contribution < 1.29 is 14.3 Å². The first-order chi connectivity index (χ1) is 8.65. The summed E-state index contributed by atoms with van der Waals surface area (Å²) in [5.74, 6) is 1.14. The molecule has 18 heavy (non-hydrogen) atoms. The van der Waals surface area contributed by atoms with Gasteiger partial charge in [0.25, 0.3) is 0 Å². The SMILES string of the molecule is COc1ccc(Br)c(OC)c1C(=O)CCCC[PH-]. The first kappa shape index (κ1) is 15.5. The third-order valence-corrected chi connectivity index (χ3v) is 3.58. The van der Waals surface area contributed by atoms with Crippen LogP contribution in [0.5, 0.6) is 11.5 Å². The highest BCUT2D eigenvalue weighted by Gasteiger charge is 2.20. The van der Waals surface area contributed by atoms with Gasteiger partial charge in [0, 0.05) is 6.42 Å². The van der Waals surface area contributed by atoms with Gasteiger partial charge in [-0.25, -0.2) is 0 Å². The quantitative estimate of drug-likeness (QED) is 0.431. The first-order valence-corrected chi connectivity index (χ1v) is 7.24. The van der Waals surface area contributed by atoms with Gasteiger partial charge in [0.1, 0.15) is 17.1 Å². The van der Waals surface area contributed by atoms with Crippen LogP contribution in [0.4, 0.5) is 0 Å². The number of hydrogen-bond acceptors (Lipinski definition) is 3. The van der Waals surface area contributed by atoms with E-state index < -0.39 is 0 Å². The molecule has 0 saturated heterocycles. The van der Waals surface area contributed by atoms with Crippen molar-refractivity contribution in [2.24, 2.45) is 0 Å². The molecule has 0 amide bonds. The van der Waals surface area contributed by atoms with E-state index in [4.69, 9.17) is 9.47 Å². The van der Waals surface area contributed by atoms with E-state index in [9.17, 15) is 4.79 Å². The van der Waals surface area contributed by atoms with Gasteiger partial charge in [-0.1, -0.05) is 6.42 Å². The number of ketones is 1. The van der Waals surface area contributed by atoms with Gasteiger partial charge in [0.2, 0.25) is 0 Å². The Kier molecular flexibility index (Phi) is 6.66. The second-order valence-electron chi connectivity index (χ2n) is 3.79. The maximum absolute atomic E-state index is 12.2. The highest BCUT2D eigenvalue weighted by atomic mass is 79.9. The molecule has 0 aliphatic carbocycles. The normalized spacial score (nSPS) is 10.2. The molecule has 0 N–H and O–H groups in total. The molecular weight excluding hydrogens is 315 g/mol. The molecule has 0 aliphatic rings. The van der Waals surface area contributed by atoms with Gasteiger partial charge < -0.3 is 18.7 Å². The van der Waals surface area contributed by atoms with Crippen molar-refractivity contribution in [1.29, 1.82) is 0 Å². The van der Waals surface area contributed by atoms with E-state index >= 15 is 0 Å². The van der Waals surface area contributed by atoms with Crippen LogP contribution in [0.15, 0.2) is 16.6 Å². The second-order valence-corrected chi connectivity index (χ2v) is 5.14. The molecule has 1 rings (SSSR count). The third kappa shape index (κ3) is 3.69. The molecule has 0 saturated carbocycles. The fourth-order valence-corrected chi connectivity index (χ4v) is 2.45. The summed E-state index contributed by atoms with van der Waals surface area (Å²) in [4.78, 5) is 12.2. The lowest BCUT2D eigenvalue weighted by molar-refractivity contribution is 0.0973. The van der Waals surface area contributed by atoms with E-state index in [0.29, 0.717) is 23.5 Å². The Bertz CT molecular complexity index is 421. The van der Waals surface area contributed by atoms with Gasteiger partial charge >= 0.3 is 0 Å². The third-order valence-electron chi connectivity index (χ3n) is 2.60. The first-order valence-electron chi connectivity index (χ1n) is 5.74. The fourth-order valence-electron chi connectivity index (χ4n) is 1.71. The fraction of sp³-hybridized carbons (Fsp3) is 0.462. The molecule has 0 radical (unpaired) electrons. The maximum atomic E-state index is 12.2. The van der Waals surface area contributed by atoms with Crippen molar-refractivity contribution in [2.75, 3.05) is 20.4 Å². The lowest BCUT2D eigenvalue weighted by Crippen LogP contribution is -2.05. The van der Waals surface area contributed by atoms with E-state index in [1.807, 2.05) is 6.07 Å². The van der Waals surface area contributed by atoms with Crippen LogP contribution in [0, 0.1) is 0 Å². The number of carbonyl (C=O) groups excluding carboxylic acids is 1. The van der Waals surface area contributed by atoms with E-state index in [-0.39, 0.29) is 5.78 Å². The molecule has 1 aromatic carbocycles. The highest BCUT2D eigenvalue weighted by Crippen LogP contribution is 2.36. The van der Waals surface area contributed by atoms with Crippen LogP contribution in [-0.2, 0) is 0 Å². The Balaban J connectivity index is 3.03. The topological polar surface area (TPSA) is 35.5 Å². The number of methoxy groups -OCH3 is 2. The van der Waals surface area contributed by atoms with Crippen molar-refractivity contribution >= 4 is 31.0 Å². The van der Waals surface area contributed by atoms with Crippen molar-refractivity contribution in [2.45, 2.75) is 19.3 Å².